The number of hydrogen-bond acceptors (Lipinski definition) is 3. The second-order valence-corrected chi connectivity index (χ2v) is 8.12. The van der Waals surface area contributed by atoms with Gasteiger partial charge in [-0.2, -0.15) is 8.42 Å². The maximum atomic E-state index is 11.3. The van der Waals surface area contributed by atoms with Crippen LogP contribution >= 0.6 is 0 Å². The van der Waals surface area contributed by atoms with Gasteiger partial charge >= 0.3 is 29.6 Å². The molecule has 0 aliphatic rings. The van der Waals surface area contributed by atoms with E-state index in [-0.39, 0.29) is 36.7 Å². The van der Waals surface area contributed by atoms with Crippen molar-refractivity contribution in [1.29, 1.82) is 0 Å². The van der Waals surface area contributed by atoms with E-state index in [2.05, 4.69) is 13.5 Å². The average Bonchev–Trinajstić information content (AvgIpc) is 2.51. The molecule has 0 fully saturated rings. The zero-order chi connectivity index (χ0) is 17.2. The van der Waals surface area contributed by atoms with E-state index in [1.165, 1.54) is 83.1 Å². The number of rotatable bonds is 18. The summed E-state index contributed by atoms with van der Waals surface area (Å²) in [7, 11) is -3.37. The molecule has 0 aliphatic carbocycles. The van der Waals surface area contributed by atoms with Gasteiger partial charge in [0.25, 0.3) is 10.1 Å². The summed E-state index contributed by atoms with van der Waals surface area (Å²) in [6, 6.07) is 0. The van der Waals surface area contributed by atoms with Gasteiger partial charge in [-0.05, 0) is 6.42 Å². The van der Waals surface area contributed by atoms with Gasteiger partial charge in [0.05, 0.1) is 12.4 Å². The van der Waals surface area contributed by atoms with E-state index in [9.17, 15) is 8.42 Å². The van der Waals surface area contributed by atoms with Gasteiger partial charge in [0.2, 0.25) is 0 Å². The average molecular weight is 371 g/mol. The Balaban J connectivity index is -0.00000242. The van der Waals surface area contributed by atoms with Crippen LogP contribution in [0.5, 0.6) is 0 Å². The topological polar surface area (TPSA) is 43.4 Å². The van der Waals surface area contributed by atoms with Gasteiger partial charge in [0, 0.05) is 0 Å². The van der Waals surface area contributed by atoms with E-state index < -0.39 is 10.1 Å². The van der Waals surface area contributed by atoms with Crippen LogP contribution in [0.3, 0.4) is 0 Å². The molecule has 24 heavy (non-hydrogen) atoms. The fourth-order valence-corrected chi connectivity index (χ4v) is 3.43. The molecule has 140 valence electrons. The van der Waals surface area contributed by atoms with Crippen molar-refractivity contribution in [2.24, 2.45) is 0 Å². The molecule has 0 rings (SSSR count). The van der Waals surface area contributed by atoms with Crippen molar-refractivity contribution in [2.75, 3.05) is 12.4 Å². The van der Waals surface area contributed by atoms with Crippen LogP contribution in [0.1, 0.15) is 98.2 Å². The molecule has 3 nitrogen and oxygen atoms in total. The van der Waals surface area contributed by atoms with Gasteiger partial charge in [-0.1, -0.05) is 96.5 Å². The summed E-state index contributed by atoms with van der Waals surface area (Å²) < 4.78 is 27.4. The normalized spacial score (nSPS) is 11.2. The Morgan fingerprint density at radius 1 is 0.792 bits per heavy atom. The molecule has 0 bridgehead atoms. The Morgan fingerprint density at radius 2 is 1.17 bits per heavy atom. The van der Waals surface area contributed by atoms with Crippen molar-refractivity contribution < 1.29 is 43.6 Å². The Morgan fingerprint density at radius 3 is 1.54 bits per heavy atom. The summed E-state index contributed by atoms with van der Waals surface area (Å²) in [5, 5.41) is 0. The van der Waals surface area contributed by atoms with E-state index in [1.807, 2.05) is 0 Å². The first-order valence-corrected chi connectivity index (χ1v) is 11.2. The zero-order valence-corrected chi connectivity index (χ0v) is 19.0. The second-order valence-electron chi connectivity index (χ2n) is 6.43. The molecule has 0 spiro atoms. The van der Waals surface area contributed by atoms with Gasteiger partial charge in [0.15, 0.2) is 0 Å². The van der Waals surface area contributed by atoms with Crippen LogP contribution < -0.4 is 29.6 Å². The third-order valence-electron chi connectivity index (χ3n) is 4.08. The van der Waals surface area contributed by atoms with Crippen molar-refractivity contribution in [3.05, 3.63) is 12.7 Å². The van der Waals surface area contributed by atoms with Gasteiger partial charge in [-0.25, -0.2) is 0 Å². The first kappa shape index (κ1) is 26.9. The van der Waals surface area contributed by atoms with E-state index in [1.54, 1.807) is 0 Å². The van der Waals surface area contributed by atoms with Crippen LogP contribution in [-0.2, 0) is 14.3 Å². The standard InChI is InChI=1S/C19H38O3S.Na.H/c1-3-5-6-7-8-9-10-11-12-13-14-15-16-17-18-22-23(20,21)19-4-2;;/h4H,2-3,5-19H2,1H3;;/q;+1;-1. The molecule has 0 saturated carbocycles. The van der Waals surface area contributed by atoms with Crippen LogP contribution in [-0.4, -0.2) is 20.8 Å². The molecule has 0 atom stereocenters. The van der Waals surface area contributed by atoms with Gasteiger partial charge in [-0.15, -0.1) is 6.58 Å². The van der Waals surface area contributed by atoms with Crippen LogP contribution in [0.4, 0.5) is 0 Å². The summed E-state index contributed by atoms with van der Waals surface area (Å²) >= 11 is 0. The largest absolute Gasteiger partial charge is 1.00 e. The predicted molar refractivity (Wildman–Crippen MR) is 101 cm³/mol. The summed E-state index contributed by atoms with van der Waals surface area (Å²) in [4.78, 5) is 0. The molecule has 0 aromatic heterocycles. The van der Waals surface area contributed by atoms with Crippen LogP contribution in [0.2, 0.25) is 0 Å². The quantitative estimate of drug-likeness (QED) is 0.161. The van der Waals surface area contributed by atoms with Crippen LogP contribution in [0.15, 0.2) is 12.7 Å². The fraction of sp³-hybridized carbons (Fsp3) is 0.895. The third kappa shape index (κ3) is 20.7. The summed E-state index contributed by atoms with van der Waals surface area (Å²) in [5.74, 6) is -0.0917. The second kappa shape index (κ2) is 20.0. The number of unbranched alkanes of at least 4 members (excludes halogenated alkanes) is 13. The molecule has 0 amide bonds. The monoisotopic (exact) mass is 370 g/mol. The first-order valence-electron chi connectivity index (χ1n) is 9.60. The van der Waals surface area contributed by atoms with Crippen LogP contribution in [0, 0.1) is 0 Å². The molecular formula is C19H39NaO3S. The van der Waals surface area contributed by atoms with Gasteiger partial charge in [-0.3, -0.25) is 4.18 Å². The Bertz CT molecular complexity index is 362. The van der Waals surface area contributed by atoms with Crippen molar-refractivity contribution in [1.82, 2.24) is 0 Å². The third-order valence-corrected chi connectivity index (χ3v) is 5.25. The molecule has 0 aromatic carbocycles. The molecule has 0 saturated heterocycles. The zero-order valence-electron chi connectivity index (χ0n) is 17.2. The summed E-state index contributed by atoms with van der Waals surface area (Å²) in [6.45, 7) is 5.98. The fourth-order valence-electron chi connectivity index (χ4n) is 2.67. The molecule has 0 unspecified atom stereocenters. The SMILES string of the molecule is C=CCS(=O)(=O)OCCCCCCCCCCCCCCCC.[H-].[Na+]. The molecular weight excluding hydrogens is 331 g/mol. The predicted octanol–water partition coefficient (Wildman–Crippen LogP) is 3.12. The number of hydrogen-bond donors (Lipinski definition) is 0. The van der Waals surface area contributed by atoms with Crippen molar-refractivity contribution >= 4 is 10.1 Å². The van der Waals surface area contributed by atoms with Crippen molar-refractivity contribution in [3.63, 3.8) is 0 Å². The minimum atomic E-state index is -3.37. The molecule has 5 heteroatoms. The Labute approximate surface area is 174 Å². The van der Waals surface area contributed by atoms with Crippen molar-refractivity contribution in [2.45, 2.75) is 96.8 Å². The van der Waals surface area contributed by atoms with E-state index in [0.717, 1.165) is 12.8 Å². The molecule has 0 heterocycles. The van der Waals surface area contributed by atoms with Crippen LogP contribution in [0.25, 0.3) is 0 Å². The van der Waals surface area contributed by atoms with Crippen molar-refractivity contribution in [3.8, 4) is 0 Å². The Hall–Kier alpha value is 0.650. The maximum Gasteiger partial charge on any atom is 1.00 e. The minimum absolute atomic E-state index is 0. The summed E-state index contributed by atoms with van der Waals surface area (Å²) in [5.41, 5.74) is 0. The van der Waals surface area contributed by atoms with E-state index >= 15 is 0 Å². The van der Waals surface area contributed by atoms with Gasteiger partial charge < -0.3 is 1.43 Å². The van der Waals surface area contributed by atoms with E-state index in [4.69, 9.17) is 4.18 Å². The summed E-state index contributed by atoms with van der Waals surface area (Å²) in [6.07, 6.45) is 19.5. The van der Waals surface area contributed by atoms with Gasteiger partial charge in [0.1, 0.15) is 0 Å². The molecule has 0 N–H and O–H groups in total. The molecule has 0 aliphatic heterocycles. The Kier molecular flexibility index (Phi) is 22.4. The molecule has 0 radical (unpaired) electrons. The maximum absolute atomic E-state index is 11.3. The smallest absolute Gasteiger partial charge is 1.00 e. The van der Waals surface area contributed by atoms with E-state index in [0.29, 0.717) is 6.61 Å². The first-order chi connectivity index (χ1) is 11.1. The minimum Gasteiger partial charge on any atom is -1.00 e. The molecule has 0 aromatic rings.